The molecule has 1 aromatic heterocycles. The van der Waals surface area contributed by atoms with Gasteiger partial charge in [0.25, 0.3) is 5.91 Å². The quantitative estimate of drug-likeness (QED) is 0.544. The van der Waals surface area contributed by atoms with Crippen molar-refractivity contribution in [2.45, 2.75) is 13.5 Å². The number of anilines is 1. The molecular weight excluding hydrogens is 368 g/mol. The predicted molar refractivity (Wildman–Crippen MR) is 111 cm³/mol. The number of aryl methyl sites for hydroxylation is 1. The van der Waals surface area contributed by atoms with Crippen LogP contribution in [0.25, 0.3) is 0 Å². The molecule has 0 aliphatic rings. The Kier molecular flexibility index (Phi) is 7.00. The number of benzene rings is 2. The molecule has 1 amide bonds. The molecule has 1 heterocycles. The first-order valence-electron chi connectivity index (χ1n) is 9.30. The van der Waals surface area contributed by atoms with Gasteiger partial charge in [0.1, 0.15) is 29.6 Å². The van der Waals surface area contributed by atoms with Crippen LogP contribution in [0.2, 0.25) is 0 Å². The Bertz CT molecular complexity index is 910. The third-order valence-electron chi connectivity index (χ3n) is 4.19. The summed E-state index contributed by atoms with van der Waals surface area (Å²) in [4.78, 5) is 20.6. The molecule has 0 aliphatic heterocycles. The smallest absolute Gasteiger partial charge is 0.271 e. The zero-order chi connectivity index (χ0) is 20.5. The van der Waals surface area contributed by atoms with Gasteiger partial charge in [0, 0.05) is 6.54 Å². The van der Waals surface area contributed by atoms with Crippen LogP contribution in [0.1, 0.15) is 21.6 Å². The first kappa shape index (κ1) is 20.1. The molecule has 7 heteroatoms. The number of amides is 1. The van der Waals surface area contributed by atoms with Gasteiger partial charge in [-0.2, -0.15) is 0 Å². The highest BCUT2D eigenvalue weighted by atomic mass is 16.5. The van der Waals surface area contributed by atoms with Gasteiger partial charge in [0.15, 0.2) is 0 Å². The maximum Gasteiger partial charge on any atom is 0.271 e. The fourth-order valence-electron chi connectivity index (χ4n) is 2.54. The average molecular weight is 392 g/mol. The van der Waals surface area contributed by atoms with Crippen molar-refractivity contribution < 1.29 is 14.3 Å². The molecule has 0 unspecified atom stereocenters. The average Bonchev–Trinajstić information content (AvgIpc) is 2.77. The number of rotatable bonds is 9. The topological polar surface area (TPSA) is 85.4 Å². The minimum Gasteiger partial charge on any atom is -0.497 e. The highest BCUT2D eigenvalue weighted by molar-refractivity contribution is 5.91. The molecule has 3 rings (SSSR count). The molecule has 29 heavy (non-hydrogen) atoms. The number of carbonyl (C=O) groups is 1. The molecular formula is C22H24N4O3. The Morgan fingerprint density at radius 3 is 2.34 bits per heavy atom. The van der Waals surface area contributed by atoms with E-state index in [0.717, 1.165) is 17.1 Å². The summed E-state index contributed by atoms with van der Waals surface area (Å²) in [6, 6.07) is 15.4. The van der Waals surface area contributed by atoms with E-state index in [9.17, 15) is 4.79 Å². The second-order valence-electron chi connectivity index (χ2n) is 6.41. The van der Waals surface area contributed by atoms with Gasteiger partial charge in [-0.05, 0) is 36.8 Å². The SMILES string of the molecule is COc1ccc(OCCNc2cnc(C(=O)NCc3ccc(C)cc3)cn2)cc1. The van der Waals surface area contributed by atoms with Crippen molar-refractivity contribution in [1.82, 2.24) is 15.3 Å². The number of nitrogens with one attached hydrogen (secondary N) is 2. The summed E-state index contributed by atoms with van der Waals surface area (Å²) in [5.41, 5.74) is 2.49. The lowest BCUT2D eigenvalue weighted by atomic mass is 10.1. The van der Waals surface area contributed by atoms with Crippen molar-refractivity contribution in [2.24, 2.45) is 0 Å². The fraction of sp³-hybridized carbons (Fsp3) is 0.227. The number of aromatic nitrogens is 2. The normalized spacial score (nSPS) is 10.3. The molecule has 150 valence electrons. The van der Waals surface area contributed by atoms with Crippen LogP contribution in [0, 0.1) is 6.92 Å². The van der Waals surface area contributed by atoms with Crippen molar-refractivity contribution in [1.29, 1.82) is 0 Å². The monoisotopic (exact) mass is 392 g/mol. The largest absolute Gasteiger partial charge is 0.497 e. The molecule has 0 saturated carbocycles. The van der Waals surface area contributed by atoms with Crippen LogP contribution in [0.3, 0.4) is 0 Å². The van der Waals surface area contributed by atoms with Crippen LogP contribution in [0.15, 0.2) is 60.9 Å². The third kappa shape index (κ3) is 6.21. The van der Waals surface area contributed by atoms with Gasteiger partial charge >= 0.3 is 0 Å². The lowest BCUT2D eigenvalue weighted by Crippen LogP contribution is -2.24. The van der Waals surface area contributed by atoms with E-state index in [1.807, 2.05) is 55.5 Å². The Hall–Kier alpha value is -3.61. The first-order valence-corrected chi connectivity index (χ1v) is 9.30. The lowest BCUT2D eigenvalue weighted by molar-refractivity contribution is 0.0945. The summed E-state index contributed by atoms with van der Waals surface area (Å²) in [5, 5.41) is 5.95. The van der Waals surface area contributed by atoms with E-state index < -0.39 is 0 Å². The van der Waals surface area contributed by atoms with Crippen LogP contribution in [-0.2, 0) is 6.54 Å². The summed E-state index contributed by atoms with van der Waals surface area (Å²) in [6.07, 6.45) is 2.99. The van der Waals surface area contributed by atoms with Gasteiger partial charge in [-0.25, -0.2) is 9.97 Å². The molecule has 7 nitrogen and oxygen atoms in total. The van der Waals surface area contributed by atoms with Crippen LogP contribution in [0.5, 0.6) is 11.5 Å². The van der Waals surface area contributed by atoms with E-state index in [-0.39, 0.29) is 11.6 Å². The maximum absolute atomic E-state index is 12.2. The summed E-state index contributed by atoms with van der Waals surface area (Å²) in [5.74, 6) is 1.87. The van der Waals surface area contributed by atoms with Gasteiger partial charge < -0.3 is 20.1 Å². The highest BCUT2D eigenvalue weighted by Crippen LogP contribution is 2.16. The minimum atomic E-state index is -0.257. The van der Waals surface area contributed by atoms with Crippen molar-refractivity contribution in [3.05, 3.63) is 77.7 Å². The Balaban J connectivity index is 1.40. The summed E-state index contributed by atoms with van der Waals surface area (Å²) < 4.78 is 10.7. The van der Waals surface area contributed by atoms with Crippen molar-refractivity contribution in [2.75, 3.05) is 25.6 Å². The standard InChI is InChI=1S/C22H24N4O3/c1-16-3-5-17(6-4-16)13-26-22(27)20-14-25-21(15-24-20)23-11-12-29-19-9-7-18(28-2)8-10-19/h3-10,14-15H,11-13H2,1-2H3,(H,23,25)(H,26,27). The van der Waals surface area contributed by atoms with E-state index in [1.54, 1.807) is 7.11 Å². The number of ether oxygens (including phenoxy) is 2. The number of hydrogen-bond acceptors (Lipinski definition) is 6. The summed E-state index contributed by atoms with van der Waals surface area (Å²) >= 11 is 0. The zero-order valence-electron chi connectivity index (χ0n) is 16.5. The molecule has 0 saturated heterocycles. The number of carbonyl (C=O) groups excluding carboxylic acids is 1. The van der Waals surface area contributed by atoms with Crippen LogP contribution in [0.4, 0.5) is 5.82 Å². The van der Waals surface area contributed by atoms with Gasteiger partial charge in [-0.15, -0.1) is 0 Å². The molecule has 0 spiro atoms. The fourth-order valence-corrected chi connectivity index (χ4v) is 2.54. The summed E-state index contributed by atoms with van der Waals surface area (Å²) in [7, 11) is 1.62. The van der Waals surface area contributed by atoms with Crippen LogP contribution < -0.4 is 20.1 Å². The van der Waals surface area contributed by atoms with E-state index in [4.69, 9.17) is 9.47 Å². The predicted octanol–water partition coefficient (Wildman–Crippen LogP) is 3.21. The first-order chi connectivity index (χ1) is 14.1. The van der Waals surface area contributed by atoms with E-state index in [0.29, 0.717) is 25.5 Å². The van der Waals surface area contributed by atoms with Crippen molar-refractivity contribution in [3.63, 3.8) is 0 Å². The molecule has 0 atom stereocenters. The molecule has 0 fully saturated rings. The molecule has 3 aromatic rings. The van der Waals surface area contributed by atoms with E-state index >= 15 is 0 Å². The molecule has 0 radical (unpaired) electrons. The molecule has 0 bridgehead atoms. The van der Waals surface area contributed by atoms with Crippen molar-refractivity contribution in [3.8, 4) is 11.5 Å². The Morgan fingerprint density at radius 2 is 1.69 bits per heavy atom. The van der Waals surface area contributed by atoms with Gasteiger partial charge in [-0.3, -0.25) is 4.79 Å². The van der Waals surface area contributed by atoms with Crippen molar-refractivity contribution >= 4 is 11.7 Å². The summed E-state index contributed by atoms with van der Waals surface area (Å²) in [6.45, 7) is 3.49. The second-order valence-corrected chi connectivity index (χ2v) is 6.41. The Labute approximate surface area is 170 Å². The zero-order valence-corrected chi connectivity index (χ0v) is 16.5. The number of methoxy groups -OCH3 is 1. The molecule has 2 N–H and O–H groups in total. The van der Waals surface area contributed by atoms with E-state index in [1.165, 1.54) is 18.0 Å². The van der Waals surface area contributed by atoms with Gasteiger partial charge in [0.2, 0.25) is 0 Å². The van der Waals surface area contributed by atoms with Gasteiger partial charge in [-0.1, -0.05) is 29.8 Å². The molecule has 2 aromatic carbocycles. The number of hydrogen-bond donors (Lipinski definition) is 2. The lowest BCUT2D eigenvalue weighted by Gasteiger charge is -2.09. The van der Waals surface area contributed by atoms with Crippen LogP contribution >= 0.6 is 0 Å². The third-order valence-corrected chi connectivity index (χ3v) is 4.19. The van der Waals surface area contributed by atoms with Crippen LogP contribution in [-0.4, -0.2) is 36.1 Å². The Morgan fingerprint density at radius 1 is 0.966 bits per heavy atom. The molecule has 0 aliphatic carbocycles. The number of nitrogens with zero attached hydrogens (tertiary/aromatic N) is 2. The second kappa shape index (κ2) is 10.1. The van der Waals surface area contributed by atoms with Gasteiger partial charge in [0.05, 0.1) is 26.0 Å². The minimum absolute atomic E-state index is 0.257. The highest BCUT2D eigenvalue weighted by Gasteiger charge is 2.08. The van der Waals surface area contributed by atoms with E-state index in [2.05, 4.69) is 20.6 Å². The maximum atomic E-state index is 12.2.